The maximum absolute atomic E-state index is 9.16. The number of anilines is 1. The number of aryl methyl sites for hydroxylation is 1. The Morgan fingerprint density at radius 3 is 2.64 bits per heavy atom. The lowest BCUT2D eigenvalue weighted by Crippen LogP contribution is -2.03. The Balaban J connectivity index is 2.29. The van der Waals surface area contributed by atoms with Crippen LogP contribution in [0, 0.1) is 11.3 Å². The Morgan fingerprint density at radius 1 is 1.24 bits per heavy atom. The van der Waals surface area contributed by atoms with Gasteiger partial charge < -0.3 is 15.2 Å². The zero-order chi connectivity index (χ0) is 18.0. The van der Waals surface area contributed by atoms with Gasteiger partial charge in [0.25, 0.3) is 0 Å². The van der Waals surface area contributed by atoms with Crippen LogP contribution in [0.3, 0.4) is 0 Å². The molecule has 0 bridgehead atoms. The Kier molecular flexibility index (Phi) is 4.44. The van der Waals surface area contributed by atoms with E-state index in [-0.39, 0.29) is 5.82 Å². The number of benzene rings is 1. The van der Waals surface area contributed by atoms with Crippen molar-refractivity contribution in [2.45, 2.75) is 19.8 Å². The zero-order valence-electron chi connectivity index (χ0n) is 14.4. The number of fused-ring (bicyclic) bond motifs is 1. The number of nitrogen functional groups attached to an aromatic ring is 1. The van der Waals surface area contributed by atoms with Crippen molar-refractivity contribution in [1.82, 2.24) is 14.6 Å². The number of hydrogen-bond acceptors (Lipinski definition) is 6. The maximum atomic E-state index is 9.16. The van der Waals surface area contributed by atoms with Gasteiger partial charge in [-0.2, -0.15) is 14.9 Å². The van der Waals surface area contributed by atoms with E-state index in [9.17, 15) is 0 Å². The lowest BCUT2D eigenvalue weighted by Gasteiger charge is -2.10. The fraction of sp³-hybridized carbons (Fsp3) is 0.278. The van der Waals surface area contributed by atoms with Gasteiger partial charge in [0.1, 0.15) is 17.5 Å². The number of methoxy groups -OCH3 is 2. The van der Waals surface area contributed by atoms with Crippen LogP contribution in [-0.2, 0) is 6.42 Å². The van der Waals surface area contributed by atoms with Crippen LogP contribution in [0.4, 0.5) is 5.82 Å². The second-order valence-electron chi connectivity index (χ2n) is 5.55. The Hall–Kier alpha value is -3.27. The van der Waals surface area contributed by atoms with Crippen molar-refractivity contribution in [2.75, 3.05) is 20.0 Å². The molecule has 0 atom stereocenters. The van der Waals surface area contributed by atoms with E-state index in [1.54, 1.807) is 14.2 Å². The molecule has 3 aromatic rings. The molecule has 2 N–H and O–H groups in total. The molecule has 0 saturated carbocycles. The molecule has 0 aliphatic rings. The summed E-state index contributed by atoms with van der Waals surface area (Å²) in [7, 11) is 3.20. The van der Waals surface area contributed by atoms with Gasteiger partial charge in [0.2, 0.25) is 0 Å². The summed E-state index contributed by atoms with van der Waals surface area (Å²) in [5, 5.41) is 13.7. The predicted molar refractivity (Wildman–Crippen MR) is 94.6 cm³/mol. The summed E-state index contributed by atoms with van der Waals surface area (Å²) in [6, 6.07) is 7.72. The SMILES string of the molecule is CCCc1nn2c(N)c(C#N)cnc2c1-c1ccc(OC)c(OC)c1. The minimum Gasteiger partial charge on any atom is -0.493 e. The van der Waals surface area contributed by atoms with Gasteiger partial charge in [0, 0.05) is 0 Å². The number of ether oxygens (including phenoxy) is 2. The third-order valence-corrected chi connectivity index (χ3v) is 4.03. The highest BCUT2D eigenvalue weighted by atomic mass is 16.5. The lowest BCUT2D eigenvalue weighted by atomic mass is 10.0. The number of hydrogen-bond donors (Lipinski definition) is 1. The highest BCUT2D eigenvalue weighted by Crippen LogP contribution is 2.36. The predicted octanol–water partition coefficient (Wildman–Crippen LogP) is 2.82. The summed E-state index contributed by atoms with van der Waals surface area (Å²) in [6.07, 6.45) is 3.18. The van der Waals surface area contributed by atoms with Crippen LogP contribution in [0.2, 0.25) is 0 Å². The van der Waals surface area contributed by atoms with Crippen LogP contribution >= 0.6 is 0 Å². The van der Waals surface area contributed by atoms with E-state index in [1.165, 1.54) is 10.7 Å². The molecule has 2 heterocycles. The summed E-state index contributed by atoms with van der Waals surface area (Å²) in [6.45, 7) is 2.08. The molecule has 0 fully saturated rings. The molecule has 0 unspecified atom stereocenters. The van der Waals surface area contributed by atoms with E-state index >= 15 is 0 Å². The van der Waals surface area contributed by atoms with E-state index in [1.807, 2.05) is 24.3 Å². The topological polar surface area (TPSA) is 98.5 Å². The molecule has 1 aromatic carbocycles. The van der Waals surface area contributed by atoms with E-state index in [0.29, 0.717) is 22.7 Å². The van der Waals surface area contributed by atoms with Crippen molar-refractivity contribution < 1.29 is 9.47 Å². The van der Waals surface area contributed by atoms with Gasteiger partial charge in [-0.25, -0.2) is 4.98 Å². The monoisotopic (exact) mass is 337 g/mol. The molecular formula is C18H19N5O2. The third kappa shape index (κ3) is 2.72. The highest BCUT2D eigenvalue weighted by molar-refractivity contribution is 5.82. The van der Waals surface area contributed by atoms with Crippen molar-refractivity contribution in [3.63, 3.8) is 0 Å². The van der Waals surface area contributed by atoms with Gasteiger partial charge in [-0.3, -0.25) is 0 Å². The molecule has 0 saturated heterocycles. The van der Waals surface area contributed by atoms with E-state index in [4.69, 9.17) is 20.5 Å². The first-order valence-corrected chi connectivity index (χ1v) is 7.93. The van der Waals surface area contributed by atoms with Crippen molar-refractivity contribution >= 4 is 11.5 Å². The summed E-state index contributed by atoms with van der Waals surface area (Å²) in [5.74, 6) is 1.57. The number of rotatable bonds is 5. The fourth-order valence-electron chi connectivity index (χ4n) is 2.83. The maximum Gasteiger partial charge on any atom is 0.165 e. The Labute approximate surface area is 145 Å². The molecule has 128 valence electrons. The first-order chi connectivity index (χ1) is 12.1. The molecule has 0 spiro atoms. The molecule has 3 rings (SSSR count). The van der Waals surface area contributed by atoms with E-state index in [0.717, 1.165) is 29.7 Å². The molecule has 25 heavy (non-hydrogen) atoms. The average Bonchev–Trinajstić information content (AvgIpc) is 3.01. The van der Waals surface area contributed by atoms with Crippen LogP contribution in [0.25, 0.3) is 16.8 Å². The molecule has 7 heteroatoms. The molecule has 7 nitrogen and oxygen atoms in total. The molecular weight excluding hydrogens is 318 g/mol. The lowest BCUT2D eigenvalue weighted by molar-refractivity contribution is 0.355. The van der Waals surface area contributed by atoms with Crippen LogP contribution in [-0.4, -0.2) is 28.8 Å². The normalized spacial score (nSPS) is 10.6. The number of aromatic nitrogens is 3. The second kappa shape index (κ2) is 6.69. The highest BCUT2D eigenvalue weighted by Gasteiger charge is 2.19. The van der Waals surface area contributed by atoms with Crippen LogP contribution in [0.1, 0.15) is 24.6 Å². The first-order valence-electron chi connectivity index (χ1n) is 7.93. The third-order valence-electron chi connectivity index (χ3n) is 4.03. The van der Waals surface area contributed by atoms with Crippen LogP contribution in [0.5, 0.6) is 11.5 Å². The summed E-state index contributed by atoms with van der Waals surface area (Å²) >= 11 is 0. The zero-order valence-corrected chi connectivity index (χ0v) is 14.4. The fourth-order valence-corrected chi connectivity index (χ4v) is 2.83. The average molecular weight is 337 g/mol. The smallest absolute Gasteiger partial charge is 0.165 e. The first kappa shape index (κ1) is 16.6. The number of nitrogens with two attached hydrogens (primary N) is 1. The van der Waals surface area contributed by atoms with Gasteiger partial charge in [0.15, 0.2) is 17.1 Å². The minimum atomic E-state index is 0.288. The van der Waals surface area contributed by atoms with Gasteiger partial charge in [-0.05, 0) is 24.1 Å². The second-order valence-corrected chi connectivity index (χ2v) is 5.55. The van der Waals surface area contributed by atoms with Gasteiger partial charge in [-0.1, -0.05) is 19.4 Å². The van der Waals surface area contributed by atoms with Crippen molar-refractivity contribution in [1.29, 1.82) is 5.26 Å². The van der Waals surface area contributed by atoms with Gasteiger partial charge >= 0.3 is 0 Å². The van der Waals surface area contributed by atoms with Crippen LogP contribution < -0.4 is 15.2 Å². The molecule has 2 aromatic heterocycles. The summed E-state index contributed by atoms with van der Waals surface area (Å²) < 4.78 is 12.2. The minimum absolute atomic E-state index is 0.288. The van der Waals surface area contributed by atoms with Gasteiger partial charge in [-0.15, -0.1) is 0 Å². The number of nitrogens with zero attached hydrogens (tertiary/aromatic N) is 4. The van der Waals surface area contributed by atoms with E-state index < -0.39 is 0 Å². The molecule has 0 aliphatic heterocycles. The Morgan fingerprint density at radius 2 is 2.00 bits per heavy atom. The summed E-state index contributed by atoms with van der Waals surface area (Å²) in [4.78, 5) is 4.42. The summed E-state index contributed by atoms with van der Waals surface area (Å²) in [5.41, 5.74) is 9.68. The van der Waals surface area contributed by atoms with Crippen molar-refractivity contribution in [2.24, 2.45) is 0 Å². The molecule has 0 aliphatic carbocycles. The molecule has 0 amide bonds. The standard InChI is InChI=1S/C18H19N5O2/c1-4-5-13-16(11-6-7-14(24-2)15(8-11)25-3)18-21-10-12(9-19)17(20)23(18)22-13/h6-8,10H,4-5,20H2,1-3H3. The Bertz CT molecular complexity index is 972. The number of nitriles is 1. The quantitative estimate of drug-likeness (QED) is 0.768. The molecule has 0 radical (unpaired) electrons. The largest absolute Gasteiger partial charge is 0.493 e. The van der Waals surface area contributed by atoms with E-state index in [2.05, 4.69) is 17.0 Å². The van der Waals surface area contributed by atoms with Crippen LogP contribution in [0.15, 0.2) is 24.4 Å². The van der Waals surface area contributed by atoms with Crippen molar-refractivity contribution in [3.05, 3.63) is 35.7 Å². The van der Waals surface area contributed by atoms with Gasteiger partial charge in [0.05, 0.1) is 31.7 Å². The van der Waals surface area contributed by atoms with Crippen molar-refractivity contribution in [3.8, 4) is 28.7 Å².